The fourth-order valence-corrected chi connectivity index (χ4v) is 5.39. The number of nitrogens with zero attached hydrogens (tertiary/aromatic N) is 1. The standard InChI is InChI=1S/C29H26N.C13H24O2.Ir/c1-18-14-19(2)16-22(15-18)28-27-20(12-13-30-28)6-9-25-24-11-8-23(29(3,4)5)17-21(24)7-10-26(25)27;1-7-12(3,4)10(14)9-11(15)13(5,6)8-2;/h6-15,17H,1-5H3;9,14H,7-8H2,1-6H3;/q-1;;/b;10-9-;. The minimum atomic E-state index is -0.377. The van der Waals surface area contributed by atoms with Crippen molar-refractivity contribution in [2.75, 3.05) is 0 Å². The maximum absolute atomic E-state index is 11.8. The van der Waals surface area contributed by atoms with Gasteiger partial charge >= 0.3 is 0 Å². The molecule has 0 aliphatic heterocycles. The van der Waals surface area contributed by atoms with Crippen LogP contribution in [0.4, 0.5) is 0 Å². The van der Waals surface area contributed by atoms with Crippen molar-refractivity contribution in [1.82, 2.24) is 4.98 Å². The third-order valence-corrected chi connectivity index (χ3v) is 9.41. The van der Waals surface area contributed by atoms with Gasteiger partial charge in [0, 0.05) is 43.2 Å². The Morgan fingerprint density at radius 1 is 0.783 bits per heavy atom. The molecule has 0 spiro atoms. The fraction of sp³-hybridized carbons (Fsp3) is 0.381. The third kappa shape index (κ3) is 7.96. The molecule has 3 nitrogen and oxygen atoms in total. The van der Waals surface area contributed by atoms with Gasteiger partial charge in [-0.05, 0) is 67.9 Å². The molecule has 0 amide bonds. The van der Waals surface area contributed by atoms with E-state index in [1.807, 2.05) is 47.7 Å². The Hall–Kier alpha value is -3.33. The number of carbonyl (C=O) groups excluding carboxylic acids is 1. The van der Waals surface area contributed by atoms with Gasteiger partial charge in [0.2, 0.25) is 0 Å². The van der Waals surface area contributed by atoms with Crippen molar-refractivity contribution in [3.05, 3.63) is 101 Å². The van der Waals surface area contributed by atoms with E-state index in [0.717, 1.165) is 29.7 Å². The Bertz CT molecular complexity index is 1890. The Labute approximate surface area is 289 Å². The molecule has 0 fully saturated rings. The van der Waals surface area contributed by atoms with Crippen molar-refractivity contribution in [3.63, 3.8) is 0 Å². The van der Waals surface area contributed by atoms with Crippen molar-refractivity contribution >= 4 is 38.1 Å². The van der Waals surface area contributed by atoms with Gasteiger partial charge in [0.1, 0.15) is 5.76 Å². The molecule has 1 N–H and O–H groups in total. The van der Waals surface area contributed by atoms with Crippen LogP contribution in [0.2, 0.25) is 0 Å². The first-order valence-electron chi connectivity index (χ1n) is 16.2. The Morgan fingerprint density at radius 3 is 2.00 bits per heavy atom. The topological polar surface area (TPSA) is 50.2 Å². The number of aliphatic hydroxyl groups is 1. The van der Waals surface area contributed by atoms with E-state index in [2.05, 4.69) is 101 Å². The van der Waals surface area contributed by atoms with E-state index in [9.17, 15) is 9.90 Å². The van der Waals surface area contributed by atoms with Gasteiger partial charge in [0.25, 0.3) is 0 Å². The summed E-state index contributed by atoms with van der Waals surface area (Å²) >= 11 is 0. The van der Waals surface area contributed by atoms with Gasteiger partial charge < -0.3 is 10.1 Å². The van der Waals surface area contributed by atoms with Crippen LogP contribution in [0.15, 0.2) is 78.7 Å². The Balaban J connectivity index is 0.000000309. The smallest absolute Gasteiger partial charge is 0.164 e. The molecule has 0 atom stereocenters. The average molecular weight is 793 g/mol. The van der Waals surface area contributed by atoms with Gasteiger partial charge in [-0.25, -0.2) is 0 Å². The van der Waals surface area contributed by atoms with Crippen molar-refractivity contribution in [2.45, 2.75) is 94.4 Å². The van der Waals surface area contributed by atoms with E-state index in [-0.39, 0.29) is 47.9 Å². The molecule has 4 heteroatoms. The second-order valence-electron chi connectivity index (χ2n) is 14.8. The zero-order valence-electron chi connectivity index (χ0n) is 29.5. The number of fused-ring (bicyclic) bond motifs is 5. The van der Waals surface area contributed by atoms with Crippen LogP contribution >= 0.6 is 0 Å². The van der Waals surface area contributed by atoms with E-state index in [4.69, 9.17) is 4.98 Å². The molecule has 0 saturated carbocycles. The van der Waals surface area contributed by atoms with Crippen molar-refractivity contribution in [1.29, 1.82) is 0 Å². The van der Waals surface area contributed by atoms with Gasteiger partial charge in [0.15, 0.2) is 5.78 Å². The largest absolute Gasteiger partial charge is 0.512 e. The monoisotopic (exact) mass is 793 g/mol. The maximum atomic E-state index is 11.8. The van der Waals surface area contributed by atoms with Crippen LogP contribution < -0.4 is 0 Å². The molecule has 4 aromatic carbocycles. The molecule has 1 aromatic heterocycles. The summed E-state index contributed by atoms with van der Waals surface area (Å²) in [7, 11) is 0. The molecular formula is C42H50IrNO2-. The Kier molecular flexibility index (Phi) is 11.5. The number of aliphatic hydroxyl groups excluding tert-OH is 1. The number of ketones is 1. The zero-order chi connectivity index (χ0) is 33.3. The predicted octanol–water partition coefficient (Wildman–Crippen LogP) is 11.8. The molecular weight excluding hydrogens is 743 g/mol. The maximum Gasteiger partial charge on any atom is 0.164 e. The summed E-state index contributed by atoms with van der Waals surface area (Å²) in [6.45, 7) is 22.7. The number of benzene rings is 4. The van der Waals surface area contributed by atoms with Gasteiger partial charge in [-0.1, -0.05) is 119 Å². The molecule has 1 radical (unpaired) electrons. The summed E-state index contributed by atoms with van der Waals surface area (Å²) < 4.78 is 0. The summed E-state index contributed by atoms with van der Waals surface area (Å²) in [6.07, 6.45) is 4.90. The summed E-state index contributed by atoms with van der Waals surface area (Å²) in [6, 6.07) is 25.9. The molecule has 5 rings (SSSR count). The summed E-state index contributed by atoms with van der Waals surface area (Å²) in [5, 5.41) is 17.4. The van der Waals surface area contributed by atoms with E-state index in [1.54, 1.807) is 0 Å². The molecule has 0 bridgehead atoms. The molecule has 0 unspecified atom stereocenters. The average Bonchev–Trinajstić information content (AvgIpc) is 2.99. The first-order chi connectivity index (χ1) is 21.0. The van der Waals surface area contributed by atoms with Crippen LogP contribution in [0.25, 0.3) is 43.6 Å². The fourth-order valence-electron chi connectivity index (χ4n) is 5.39. The second kappa shape index (κ2) is 14.2. The molecule has 5 aromatic rings. The molecule has 0 aliphatic carbocycles. The number of pyridine rings is 1. The summed E-state index contributed by atoms with van der Waals surface area (Å²) in [5.74, 6) is 0.195. The van der Waals surface area contributed by atoms with Crippen molar-refractivity contribution in [3.8, 4) is 11.3 Å². The number of hydrogen-bond acceptors (Lipinski definition) is 3. The van der Waals surface area contributed by atoms with Crippen LogP contribution in [0.3, 0.4) is 0 Å². The van der Waals surface area contributed by atoms with Crippen LogP contribution in [0.1, 0.15) is 91.8 Å². The van der Waals surface area contributed by atoms with Crippen LogP contribution in [-0.2, 0) is 30.3 Å². The number of hydrogen-bond donors (Lipinski definition) is 1. The van der Waals surface area contributed by atoms with Gasteiger partial charge in [-0.15, -0.1) is 34.9 Å². The zero-order valence-corrected chi connectivity index (χ0v) is 31.9. The molecule has 46 heavy (non-hydrogen) atoms. The SMILES string of the molecule is CCC(C)(C)C(=O)/C=C(\O)C(C)(C)CC.Cc1[c-]c(-c2nccc3ccc4c5ccc(C(C)(C)C)cc5ccc4c23)cc(C)c1.[Ir]. The minimum absolute atomic E-state index is 0. The number of allylic oxidation sites excluding steroid dienone is 2. The number of aromatic nitrogens is 1. The Morgan fingerprint density at radius 2 is 1.39 bits per heavy atom. The van der Waals surface area contributed by atoms with E-state index < -0.39 is 0 Å². The van der Waals surface area contributed by atoms with Crippen molar-refractivity contribution < 1.29 is 30.0 Å². The van der Waals surface area contributed by atoms with E-state index in [1.165, 1.54) is 49.5 Å². The quantitative estimate of drug-likeness (QED) is 0.0806. The normalized spacial score (nSPS) is 12.5. The van der Waals surface area contributed by atoms with Gasteiger partial charge in [0.05, 0.1) is 0 Å². The summed E-state index contributed by atoms with van der Waals surface area (Å²) in [5.41, 5.74) is 5.27. The number of carbonyl (C=O) groups is 1. The molecule has 0 saturated heterocycles. The number of rotatable bonds is 6. The third-order valence-electron chi connectivity index (χ3n) is 9.41. The van der Waals surface area contributed by atoms with Crippen LogP contribution in [-0.4, -0.2) is 15.9 Å². The van der Waals surface area contributed by atoms with E-state index in [0.29, 0.717) is 0 Å². The van der Waals surface area contributed by atoms with Crippen LogP contribution in [0, 0.1) is 30.7 Å². The molecule has 245 valence electrons. The van der Waals surface area contributed by atoms with Crippen LogP contribution in [0.5, 0.6) is 0 Å². The second-order valence-corrected chi connectivity index (χ2v) is 14.8. The minimum Gasteiger partial charge on any atom is -0.512 e. The molecule has 1 heterocycles. The first-order valence-corrected chi connectivity index (χ1v) is 16.2. The first kappa shape index (κ1) is 37.1. The van der Waals surface area contributed by atoms with Gasteiger partial charge in [-0.2, -0.15) is 0 Å². The van der Waals surface area contributed by atoms with E-state index >= 15 is 0 Å². The molecule has 0 aliphatic rings. The van der Waals surface area contributed by atoms with Gasteiger partial charge in [-0.3, -0.25) is 4.79 Å². The van der Waals surface area contributed by atoms with Crippen molar-refractivity contribution in [2.24, 2.45) is 10.8 Å². The predicted molar refractivity (Wildman–Crippen MR) is 193 cm³/mol. The summed E-state index contributed by atoms with van der Waals surface area (Å²) in [4.78, 5) is 16.6. The number of aryl methyl sites for hydroxylation is 2.